The van der Waals surface area contributed by atoms with Crippen LogP contribution < -0.4 is 0 Å². The van der Waals surface area contributed by atoms with E-state index in [9.17, 15) is 15.0 Å². The van der Waals surface area contributed by atoms with Crippen molar-refractivity contribution in [3.05, 3.63) is 34.9 Å². The van der Waals surface area contributed by atoms with E-state index >= 15 is 0 Å². The lowest BCUT2D eigenvalue weighted by Crippen LogP contribution is -2.46. The Morgan fingerprint density at radius 3 is 2.70 bits per heavy atom. The molecule has 0 aromatic heterocycles. The molecule has 2 aliphatic carbocycles. The Hall–Kier alpha value is -1.27. The van der Waals surface area contributed by atoms with Crippen LogP contribution in [0.25, 0.3) is 0 Å². The van der Waals surface area contributed by atoms with Crippen LogP contribution in [0.3, 0.4) is 0 Å². The van der Waals surface area contributed by atoms with Gasteiger partial charge in [-0.25, -0.2) is 0 Å². The number of hydrogen-bond acceptors (Lipinski definition) is 5. The third-order valence-electron chi connectivity index (χ3n) is 7.30. The summed E-state index contributed by atoms with van der Waals surface area (Å²) in [6.45, 7) is 12.2. The van der Waals surface area contributed by atoms with Crippen molar-refractivity contribution in [2.24, 2.45) is 11.3 Å². The molecule has 8 unspecified atom stereocenters. The molecule has 8 atom stereocenters. The summed E-state index contributed by atoms with van der Waals surface area (Å²) >= 11 is 0. The molecule has 0 aromatic carbocycles. The average molecular weight is 419 g/mol. The third-order valence-corrected chi connectivity index (χ3v) is 7.30. The summed E-state index contributed by atoms with van der Waals surface area (Å²) < 4.78 is 12.0. The molecule has 5 heteroatoms. The highest BCUT2D eigenvalue weighted by molar-refractivity contribution is 5.99. The van der Waals surface area contributed by atoms with Gasteiger partial charge in [0, 0.05) is 6.42 Å². The van der Waals surface area contributed by atoms with Gasteiger partial charge in [-0.2, -0.15) is 0 Å². The molecule has 1 aliphatic heterocycles. The molecular weight excluding hydrogens is 380 g/mol. The van der Waals surface area contributed by atoms with Crippen LogP contribution in [0.4, 0.5) is 0 Å². The number of aliphatic hydroxyl groups is 2. The summed E-state index contributed by atoms with van der Waals surface area (Å²) in [4.78, 5) is 12.5. The third kappa shape index (κ3) is 4.80. The lowest BCUT2D eigenvalue weighted by molar-refractivity contribution is -0.121. The number of aliphatic hydroxyl groups excluding tert-OH is 2. The van der Waals surface area contributed by atoms with E-state index in [0.29, 0.717) is 12.8 Å². The minimum atomic E-state index is -0.696. The smallest absolute Gasteiger partial charge is 0.162 e. The van der Waals surface area contributed by atoms with Gasteiger partial charge in [0.05, 0.1) is 18.3 Å². The molecule has 0 spiro atoms. The van der Waals surface area contributed by atoms with Gasteiger partial charge < -0.3 is 19.7 Å². The number of rotatable bonds is 7. The minimum absolute atomic E-state index is 0.00186. The number of fused-ring (bicyclic) bond motifs is 1. The van der Waals surface area contributed by atoms with Crippen LogP contribution in [0.1, 0.15) is 67.2 Å². The Balaban J connectivity index is 1.62. The summed E-state index contributed by atoms with van der Waals surface area (Å²) in [5.41, 5.74) is 3.23. The van der Waals surface area contributed by atoms with Gasteiger partial charge in [0.2, 0.25) is 0 Å². The summed E-state index contributed by atoms with van der Waals surface area (Å²) in [7, 11) is 0. The maximum atomic E-state index is 12.5. The van der Waals surface area contributed by atoms with Crippen LogP contribution in [-0.2, 0) is 14.3 Å². The van der Waals surface area contributed by atoms with Crippen LogP contribution in [-0.4, -0.2) is 52.6 Å². The highest BCUT2D eigenvalue weighted by Gasteiger charge is 2.49. The largest absolute Gasteiger partial charge is 0.393 e. The van der Waals surface area contributed by atoms with Crippen LogP contribution in [0.2, 0.25) is 0 Å². The van der Waals surface area contributed by atoms with E-state index in [1.54, 1.807) is 6.92 Å². The van der Waals surface area contributed by atoms with Gasteiger partial charge in [-0.1, -0.05) is 43.2 Å². The number of epoxide rings is 1. The zero-order valence-corrected chi connectivity index (χ0v) is 19.2. The Labute approximate surface area is 180 Å². The van der Waals surface area contributed by atoms with E-state index in [0.717, 1.165) is 24.0 Å². The fraction of sp³-hybridized carbons (Fsp3) is 0.720. The molecule has 2 fully saturated rings. The normalized spacial score (nSPS) is 36.9. The van der Waals surface area contributed by atoms with Crippen molar-refractivity contribution in [2.45, 2.75) is 104 Å². The zero-order valence-electron chi connectivity index (χ0n) is 19.2. The number of Topliss-reactive ketones (excluding diaryl/α,β-unsaturated/α-hetero) is 1. The predicted octanol–water partition coefficient (Wildman–Crippen LogP) is 3.89. The Bertz CT molecular complexity index is 745. The highest BCUT2D eigenvalue weighted by Crippen LogP contribution is 2.52. The first-order chi connectivity index (χ1) is 14.0. The second-order valence-corrected chi connectivity index (χ2v) is 9.87. The lowest BCUT2D eigenvalue weighted by Gasteiger charge is -2.48. The van der Waals surface area contributed by atoms with Crippen molar-refractivity contribution >= 4 is 5.78 Å². The van der Waals surface area contributed by atoms with Crippen molar-refractivity contribution in [3.63, 3.8) is 0 Å². The fourth-order valence-electron chi connectivity index (χ4n) is 4.92. The van der Waals surface area contributed by atoms with E-state index in [1.165, 1.54) is 5.57 Å². The van der Waals surface area contributed by atoms with E-state index in [2.05, 4.69) is 19.9 Å². The van der Waals surface area contributed by atoms with Crippen LogP contribution in [0, 0.1) is 11.3 Å². The fourth-order valence-corrected chi connectivity index (χ4v) is 4.92. The average Bonchev–Trinajstić information content (AvgIpc) is 3.43. The molecule has 30 heavy (non-hydrogen) atoms. The molecule has 3 rings (SSSR count). The van der Waals surface area contributed by atoms with Gasteiger partial charge in [0.25, 0.3) is 0 Å². The first kappa shape index (κ1) is 23.4. The molecule has 2 N–H and O–H groups in total. The number of allylic oxidation sites excluding steroid dienone is 3. The maximum absolute atomic E-state index is 12.5. The predicted molar refractivity (Wildman–Crippen MR) is 117 cm³/mol. The summed E-state index contributed by atoms with van der Waals surface area (Å²) in [6.07, 6.45) is 6.85. The molecule has 1 heterocycles. The van der Waals surface area contributed by atoms with Gasteiger partial charge >= 0.3 is 0 Å². The van der Waals surface area contributed by atoms with Crippen LogP contribution >= 0.6 is 0 Å². The standard InChI is InChI=1S/C25H38O5/c1-14(2)19-13-25(6)16(4)21(11-10-18(25)12-20(19)27)29-17(5)23(28)24-22(30-24)9-7-8-15(3)26/h7,9-10,15-17,21-24,26,28H,8,11-13H2,1-6H3. The second-order valence-electron chi connectivity index (χ2n) is 9.87. The van der Waals surface area contributed by atoms with Crippen molar-refractivity contribution in [2.75, 3.05) is 0 Å². The van der Waals surface area contributed by atoms with Crippen molar-refractivity contribution in [3.8, 4) is 0 Å². The molecule has 168 valence electrons. The monoisotopic (exact) mass is 418 g/mol. The van der Waals surface area contributed by atoms with Crippen LogP contribution in [0.5, 0.6) is 0 Å². The number of hydrogen-bond donors (Lipinski definition) is 2. The van der Waals surface area contributed by atoms with Crippen LogP contribution in [0.15, 0.2) is 34.9 Å². The highest BCUT2D eigenvalue weighted by atomic mass is 16.6. The topological polar surface area (TPSA) is 79.3 Å². The molecule has 0 amide bonds. The van der Waals surface area contributed by atoms with E-state index in [1.807, 2.05) is 32.9 Å². The SMILES string of the molecule is CC(C)=C1CC2(C)C(=CCC(OC(C)C(O)C3OC3C=CCC(C)O)C2C)CC1=O. The van der Waals surface area contributed by atoms with Crippen molar-refractivity contribution in [1.29, 1.82) is 0 Å². The van der Waals surface area contributed by atoms with Gasteiger partial charge in [0.1, 0.15) is 18.3 Å². The van der Waals surface area contributed by atoms with Gasteiger partial charge in [-0.3, -0.25) is 4.79 Å². The van der Waals surface area contributed by atoms with Crippen molar-refractivity contribution in [1.82, 2.24) is 0 Å². The molecule has 1 saturated carbocycles. The lowest BCUT2D eigenvalue weighted by atomic mass is 9.58. The maximum Gasteiger partial charge on any atom is 0.162 e. The Morgan fingerprint density at radius 1 is 1.37 bits per heavy atom. The molecule has 0 aromatic rings. The Kier molecular flexibility index (Phi) is 7.08. The molecule has 0 bridgehead atoms. The molecule has 5 nitrogen and oxygen atoms in total. The number of carbonyl (C=O) groups is 1. The molecular formula is C25H38O5. The van der Waals surface area contributed by atoms with E-state index in [-0.39, 0.29) is 47.6 Å². The summed E-state index contributed by atoms with van der Waals surface area (Å²) in [5.74, 6) is 0.506. The number of ketones is 1. The molecule has 3 aliphatic rings. The first-order valence-electron chi connectivity index (χ1n) is 11.3. The molecule has 1 saturated heterocycles. The molecule has 0 radical (unpaired) electrons. The first-order valence-corrected chi connectivity index (χ1v) is 11.3. The summed E-state index contributed by atoms with van der Waals surface area (Å²) in [5, 5.41) is 20.0. The van der Waals surface area contributed by atoms with E-state index in [4.69, 9.17) is 9.47 Å². The van der Waals surface area contributed by atoms with Gasteiger partial charge in [-0.05, 0) is 63.9 Å². The quantitative estimate of drug-likeness (QED) is 0.373. The van der Waals surface area contributed by atoms with E-state index < -0.39 is 6.10 Å². The number of ether oxygens (including phenoxy) is 2. The summed E-state index contributed by atoms with van der Waals surface area (Å²) in [6, 6.07) is 0. The van der Waals surface area contributed by atoms with Gasteiger partial charge in [-0.15, -0.1) is 0 Å². The Morgan fingerprint density at radius 2 is 2.07 bits per heavy atom. The van der Waals surface area contributed by atoms with Gasteiger partial charge in [0.15, 0.2) is 5.78 Å². The minimum Gasteiger partial charge on any atom is -0.393 e. The second kappa shape index (κ2) is 9.07. The van der Waals surface area contributed by atoms with Crippen molar-refractivity contribution < 1.29 is 24.5 Å². The zero-order chi connectivity index (χ0) is 22.2. The number of carbonyl (C=O) groups excluding carboxylic acids is 1.